The topological polar surface area (TPSA) is 15.3 Å². The van der Waals surface area contributed by atoms with Gasteiger partial charge in [0.15, 0.2) is 0 Å². The van der Waals surface area contributed by atoms with E-state index >= 15 is 0 Å². The van der Waals surface area contributed by atoms with Crippen molar-refractivity contribution in [1.82, 2.24) is 10.2 Å². The molecule has 1 unspecified atom stereocenters. The molecule has 0 aromatic rings. The van der Waals surface area contributed by atoms with Gasteiger partial charge in [0.25, 0.3) is 0 Å². The third-order valence-electron chi connectivity index (χ3n) is 4.78. The molecule has 106 valence electrons. The molecule has 1 N–H and O–H groups in total. The Hall–Kier alpha value is -0.0800. The molecule has 0 spiro atoms. The van der Waals surface area contributed by atoms with Gasteiger partial charge < -0.3 is 10.2 Å². The molecule has 1 heterocycles. The fourth-order valence-corrected chi connectivity index (χ4v) is 3.73. The lowest BCUT2D eigenvalue weighted by atomic mass is 9.98. The van der Waals surface area contributed by atoms with Gasteiger partial charge in [-0.05, 0) is 58.2 Å². The largest absolute Gasteiger partial charge is 0.314 e. The molecule has 2 fully saturated rings. The predicted octanol–water partition coefficient (Wildman–Crippen LogP) is 3.56. The van der Waals surface area contributed by atoms with E-state index in [1.54, 1.807) is 0 Å². The summed E-state index contributed by atoms with van der Waals surface area (Å²) < 4.78 is 0. The molecule has 2 heteroatoms. The van der Waals surface area contributed by atoms with Crippen LogP contribution in [0.1, 0.15) is 71.1 Å². The Morgan fingerprint density at radius 3 is 2.61 bits per heavy atom. The molecule has 1 saturated heterocycles. The summed E-state index contributed by atoms with van der Waals surface area (Å²) in [5.41, 5.74) is 0. The molecule has 1 aliphatic heterocycles. The van der Waals surface area contributed by atoms with E-state index in [4.69, 9.17) is 0 Å². The molecule has 1 atom stereocenters. The van der Waals surface area contributed by atoms with Crippen molar-refractivity contribution >= 4 is 0 Å². The second kappa shape index (κ2) is 8.16. The van der Waals surface area contributed by atoms with Gasteiger partial charge in [-0.15, -0.1) is 0 Å². The van der Waals surface area contributed by atoms with Gasteiger partial charge in [0.05, 0.1) is 0 Å². The van der Waals surface area contributed by atoms with Crippen LogP contribution in [-0.2, 0) is 0 Å². The smallest absolute Gasteiger partial charge is 0.00951 e. The average molecular weight is 252 g/mol. The Balaban J connectivity index is 1.58. The van der Waals surface area contributed by atoms with Crippen molar-refractivity contribution in [1.29, 1.82) is 0 Å². The highest BCUT2D eigenvalue weighted by atomic mass is 15.2. The maximum atomic E-state index is 3.74. The minimum absolute atomic E-state index is 0.845. The van der Waals surface area contributed by atoms with Gasteiger partial charge >= 0.3 is 0 Å². The van der Waals surface area contributed by atoms with Gasteiger partial charge in [0.2, 0.25) is 0 Å². The molecule has 2 nitrogen and oxygen atoms in total. The van der Waals surface area contributed by atoms with Gasteiger partial charge in [-0.3, -0.25) is 0 Å². The van der Waals surface area contributed by atoms with Crippen molar-refractivity contribution < 1.29 is 0 Å². The van der Waals surface area contributed by atoms with Crippen LogP contribution in [0.3, 0.4) is 0 Å². The maximum absolute atomic E-state index is 3.74. The molecule has 1 aliphatic carbocycles. The molecule has 1 saturated carbocycles. The lowest BCUT2D eigenvalue weighted by Crippen LogP contribution is -2.41. The van der Waals surface area contributed by atoms with Crippen LogP contribution >= 0.6 is 0 Å². The van der Waals surface area contributed by atoms with Crippen molar-refractivity contribution in [2.75, 3.05) is 19.6 Å². The van der Waals surface area contributed by atoms with Crippen molar-refractivity contribution in [3.63, 3.8) is 0 Å². The molecular formula is C16H32N2. The summed E-state index contributed by atoms with van der Waals surface area (Å²) in [5, 5.41) is 3.74. The molecule has 0 amide bonds. The lowest BCUT2D eigenvalue weighted by molar-refractivity contribution is 0.137. The molecular weight excluding hydrogens is 220 g/mol. The van der Waals surface area contributed by atoms with Crippen LogP contribution in [0.5, 0.6) is 0 Å². The van der Waals surface area contributed by atoms with Crippen LogP contribution in [0.2, 0.25) is 0 Å². The summed E-state index contributed by atoms with van der Waals surface area (Å²) in [6, 6.07) is 1.74. The normalized spacial score (nSPS) is 26.8. The first-order chi connectivity index (χ1) is 8.90. The number of hydrogen-bond donors (Lipinski definition) is 1. The van der Waals surface area contributed by atoms with Crippen LogP contribution in [-0.4, -0.2) is 36.6 Å². The second-order valence-electron chi connectivity index (χ2n) is 6.26. The van der Waals surface area contributed by atoms with E-state index in [1.807, 2.05) is 0 Å². The second-order valence-corrected chi connectivity index (χ2v) is 6.26. The van der Waals surface area contributed by atoms with Gasteiger partial charge in [-0.1, -0.05) is 32.6 Å². The Labute approximate surface area is 114 Å². The zero-order valence-corrected chi connectivity index (χ0v) is 12.3. The monoisotopic (exact) mass is 252 g/mol. The lowest BCUT2D eigenvalue weighted by Gasteiger charge is -2.35. The predicted molar refractivity (Wildman–Crippen MR) is 79.0 cm³/mol. The number of hydrogen-bond acceptors (Lipinski definition) is 2. The SMILES string of the molecule is CCCC1CCCCN1CCCNC1CCCC1. The number of nitrogens with one attached hydrogen (secondary N) is 1. The fraction of sp³-hybridized carbons (Fsp3) is 1.00. The highest BCUT2D eigenvalue weighted by Gasteiger charge is 2.21. The van der Waals surface area contributed by atoms with Crippen LogP contribution < -0.4 is 5.32 Å². The molecule has 0 aromatic heterocycles. The molecule has 2 aliphatic rings. The van der Waals surface area contributed by atoms with E-state index in [0.717, 1.165) is 12.1 Å². The summed E-state index contributed by atoms with van der Waals surface area (Å²) in [4.78, 5) is 2.77. The summed E-state index contributed by atoms with van der Waals surface area (Å²) in [7, 11) is 0. The Kier molecular flexibility index (Phi) is 6.50. The summed E-state index contributed by atoms with van der Waals surface area (Å²) >= 11 is 0. The van der Waals surface area contributed by atoms with E-state index in [0.29, 0.717) is 0 Å². The zero-order chi connectivity index (χ0) is 12.6. The van der Waals surface area contributed by atoms with Crippen LogP contribution in [0.4, 0.5) is 0 Å². The quantitative estimate of drug-likeness (QED) is 0.697. The van der Waals surface area contributed by atoms with Gasteiger partial charge in [0.1, 0.15) is 0 Å². The average Bonchev–Trinajstić information content (AvgIpc) is 2.90. The van der Waals surface area contributed by atoms with E-state index in [9.17, 15) is 0 Å². The molecule has 2 rings (SSSR count). The highest BCUT2D eigenvalue weighted by molar-refractivity contribution is 4.77. The van der Waals surface area contributed by atoms with Gasteiger partial charge in [0, 0.05) is 12.1 Å². The van der Waals surface area contributed by atoms with Crippen molar-refractivity contribution in [3.05, 3.63) is 0 Å². The fourth-order valence-electron chi connectivity index (χ4n) is 3.73. The third kappa shape index (κ3) is 4.55. The van der Waals surface area contributed by atoms with Gasteiger partial charge in [-0.2, -0.15) is 0 Å². The van der Waals surface area contributed by atoms with E-state index in [-0.39, 0.29) is 0 Å². The van der Waals surface area contributed by atoms with Crippen molar-refractivity contribution in [2.24, 2.45) is 0 Å². The van der Waals surface area contributed by atoms with E-state index < -0.39 is 0 Å². The summed E-state index contributed by atoms with van der Waals surface area (Å²) in [6.45, 7) is 6.24. The molecule has 18 heavy (non-hydrogen) atoms. The summed E-state index contributed by atoms with van der Waals surface area (Å²) in [5.74, 6) is 0. The molecule has 0 radical (unpaired) electrons. The van der Waals surface area contributed by atoms with Crippen molar-refractivity contribution in [2.45, 2.75) is 83.2 Å². The first-order valence-corrected chi connectivity index (χ1v) is 8.37. The van der Waals surface area contributed by atoms with Crippen LogP contribution in [0, 0.1) is 0 Å². The third-order valence-corrected chi connectivity index (χ3v) is 4.78. The van der Waals surface area contributed by atoms with Crippen molar-refractivity contribution in [3.8, 4) is 0 Å². The minimum Gasteiger partial charge on any atom is -0.314 e. The standard InChI is InChI=1S/C16H32N2/c1-2-8-16-11-5-6-13-18(16)14-7-12-17-15-9-3-4-10-15/h15-17H,2-14H2,1H3. The Morgan fingerprint density at radius 1 is 1.06 bits per heavy atom. The van der Waals surface area contributed by atoms with Gasteiger partial charge in [-0.25, -0.2) is 0 Å². The van der Waals surface area contributed by atoms with E-state index in [1.165, 1.54) is 83.8 Å². The maximum Gasteiger partial charge on any atom is 0.00951 e. The number of piperidine rings is 1. The summed E-state index contributed by atoms with van der Waals surface area (Å²) in [6.07, 6.45) is 14.2. The first kappa shape index (κ1) is 14.3. The van der Waals surface area contributed by atoms with Crippen LogP contribution in [0.15, 0.2) is 0 Å². The first-order valence-electron chi connectivity index (χ1n) is 8.37. The Bertz CT molecular complexity index is 209. The minimum atomic E-state index is 0.845. The Morgan fingerprint density at radius 2 is 1.83 bits per heavy atom. The molecule has 0 aromatic carbocycles. The van der Waals surface area contributed by atoms with E-state index in [2.05, 4.69) is 17.1 Å². The zero-order valence-electron chi connectivity index (χ0n) is 12.3. The van der Waals surface area contributed by atoms with Crippen LogP contribution in [0.25, 0.3) is 0 Å². The highest BCUT2D eigenvalue weighted by Crippen LogP contribution is 2.21. The number of nitrogens with zero attached hydrogens (tertiary/aromatic N) is 1. The number of likely N-dealkylation sites (tertiary alicyclic amines) is 1. The number of rotatable bonds is 7. The molecule has 0 bridgehead atoms.